The molecule has 0 aliphatic carbocycles. The predicted octanol–water partition coefficient (Wildman–Crippen LogP) is 6.43. The van der Waals surface area contributed by atoms with Crippen molar-refractivity contribution in [3.05, 3.63) is 52.6 Å². The van der Waals surface area contributed by atoms with Crippen molar-refractivity contribution in [3.63, 3.8) is 0 Å². The summed E-state index contributed by atoms with van der Waals surface area (Å²) in [6.45, 7) is 12.3. The molecule has 0 saturated heterocycles. The van der Waals surface area contributed by atoms with Crippen molar-refractivity contribution in [2.75, 3.05) is 19.0 Å². The summed E-state index contributed by atoms with van der Waals surface area (Å²) in [6.07, 6.45) is 0. The average Bonchev–Trinajstić information content (AvgIpc) is 2.51. The van der Waals surface area contributed by atoms with E-state index in [1.54, 1.807) is 0 Å². The van der Waals surface area contributed by atoms with E-state index in [2.05, 4.69) is 81.2 Å². The molecule has 3 nitrogen and oxygen atoms in total. The molecule has 0 N–H and O–H groups in total. The molecule has 2 aromatic carbocycles. The maximum atomic E-state index is 4.47. The van der Waals surface area contributed by atoms with Gasteiger partial charge in [0, 0.05) is 19.8 Å². The third-order valence-electron chi connectivity index (χ3n) is 3.69. The molecule has 0 atom stereocenters. The first-order valence-electron chi connectivity index (χ1n) is 8.16. The molecule has 0 amide bonds. The molecule has 0 unspecified atom stereocenters. The lowest BCUT2D eigenvalue weighted by atomic mass is 10.1. The molecule has 0 fully saturated rings. The molecule has 2 aromatic rings. The van der Waals surface area contributed by atoms with Gasteiger partial charge in [-0.15, -0.1) is 0 Å². The standard InChI is InChI=1S/C18H23N3.C2H6/c1-12-8-7-9-13(2)18(12)20-19-16-10-15(4)17(21(5)6)11-14(16)3;1-2/h7-11H,1-6H3;1-2H3. The summed E-state index contributed by atoms with van der Waals surface area (Å²) in [5, 5.41) is 8.93. The Kier molecular flexibility index (Phi) is 6.95. The summed E-state index contributed by atoms with van der Waals surface area (Å²) in [4.78, 5) is 2.12. The van der Waals surface area contributed by atoms with E-state index in [1.807, 2.05) is 19.9 Å². The smallest absolute Gasteiger partial charge is 0.0915 e. The van der Waals surface area contributed by atoms with Crippen LogP contribution in [0.25, 0.3) is 0 Å². The van der Waals surface area contributed by atoms with Gasteiger partial charge in [0.1, 0.15) is 0 Å². The van der Waals surface area contributed by atoms with Gasteiger partial charge in [0.15, 0.2) is 0 Å². The number of nitrogens with zero attached hydrogens (tertiary/aromatic N) is 3. The molecule has 124 valence electrons. The van der Waals surface area contributed by atoms with Crippen molar-refractivity contribution < 1.29 is 0 Å². The second kappa shape index (κ2) is 8.47. The molecule has 0 saturated carbocycles. The first-order valence-corrected chi connectivity index (χ1v) is 8.16. The summed E-state index contributed by atoms with van der Waals surface area (Å²) in [7, 11) is 4.11. The topological polar surface area (TPSA) is 28.0 Å². The van der Waals surface area contributed by atoms with Crippen LogP contribution in [-0.4, -0.2) is 14.1 Å². The number of hydrogen-bond acceptors (Lipinski definition) is 3. The molecule has 2 rings (SSSR count). The second-order valence-corrected chi connectivity index (χ2v) is 5.76. The third-order valence-corrected chi connectivity index (χ3v) is 3.69. The second-order valence-electron chi connectivity index (χ2n) is 5.76. The van der Waals surface area contributed by atoms with Gasteiger partial charge in [-0.1, -0.05) is 32.0 Å². The van der Waals surface area contributed by atoms with E-state index in [0.717, 1.165) is 28.1 Å². The molecular formula is C20H29N3. The van der Waals surface area contributed by atoms with E-state index in [-0.39, 0.29) is 0 Å². The summed E-state index contributed by atoms with van der Waals surface area (Å²) in [5.74, 6) is 0. The number of anilines is 1. The van der Waals surface area contributed by atoms with Crippen molar-refractivity contribution in [1.82, 2.24) is 0 Å². The van der Waals surface area contributed by atoms with Gasteiger partial charge in [-0.2, -0.15) is 10.2 Å². The van der Waals surface area contributed by atoms with Crippen molar-refractivity contribution in [2.24, 2.45) is 10.2 Å². The molecule has 0 bridgehead atoms. The molecule has 3 heteroatoms. The van der Waals surface area contributed by atoms with E-state index < -0.39 is 0 Å². The van der Waals surface area contributed by atoms with Crippen LogP contribution in [0.3, 0.4) is 0 Å². The van der Waals surface area contributed by atoms with E-state index in [9.17, 15) is 0 Å². The van der Waals surface area contributed by atoms with Crippen LogP contribution in [0, 0.1) is 27.7 Å². The Labute approximate surface area is 141 Å². The normalized spacial score (nSPS) is 10.4. The fraction of sp³-hybridized carbons (Fsp3) is 0.400. The van der Waals surface area contributed by atoms with Gasteiger partial charge >= 0.3 is 0 Å². The number of benzene rings is 2. The molecule has 0 aliphatic rings. The van der Waals surface area contributed by atoms with Gasteiger partial charge < -0.3 is 4.90 Å². The number of aryl methyl sites for hydroxylation is 4. The molecule has 23 heavy (non-hydrogen) atoms. The Hall–Kier alpha value is -2.16. The Bertz CT molecular complexity index is 665. The van der Waals surface area contributed by atoms with Gasteiger partial charge in [0.2, 0.25) is 0 Å². The number of hydrogen-bond donors (Lipinski definition) is 0. The summed E-state index contributed by atoms with van der Waals surface area (Å²) in [6, 6.07) is 10.4. The zero-order chi connectivity index (χ0) is 17.6. The van der Waals surface area contributed by atoms with E-state index >= 15 is 0 Å². The minimum absolute atomic E-state index is 0.931. The monoisotopic (exact) mass is 311 g/mol. The first-order chi connectivity index (χ1) is 10.9. The first kappa shape index (κ1) is 18.9. The van der Waals surface area contributed by atoms with Gasteiger partial charge in [0.25, 0.3) is 0 Å². The highest BCUT2D eigenvalue weighted by Gasteiger charge is 2.06. The van der Waals surface area contributed by atoms with E-state index in [0.29, 0.717) is 0 Å². The highest BCUT2D eigenvalue weighted by atomic mass is 15.1. The molecule has 0 spiro atoms. The predicted molar refractivity (Wildman–Crippen MR) is 102 cm³/mol. The minimum Gasteiger partial charge on any atom is -0.377 e. The Morgan fingerprint density at radius 2 is 1.30 bits per heavy atom. The quantitative estimate of drug-likeness (QED) is 0.600. The third kappa shape index (κ3) is 4.65. The van der Waals surface area contributed by atoms with Crippen LogP contribution in [0.4, 0.5) is 17.1 Å². The Morgan fingerprint density at radius 1 is 0.739 bits per heavy atom. The Morgan fingerprint density at radius 3 is 1.83 bits per heavy atom. The fourth-order valence-corrected chi connectivity index (χ4v) is 2.44. The minimum atomic E-state index is 0.931. The average molecular weight is 311 g/mol. The maximum absolute atomic E-state index is 4.47. The zero-order valence-electron chi connectivity index (χ0n) is 15.7. The van der Waals surface area contributed by atoms with Gasteiger partial charge in [0.05, 0.1) is 11.4 Å². The SMILES string of the molecule is CC.Cc1cc(N(C)C)c(C)cc1N=Nc1c(C)cccc1C. The summed E-state index contributed by atoms with van der Waals surface area (Å²) < 4.78 is 0. The van der Waals surface area contributed by atoms with Crippen LogP contribution in [0.1, 0.15) is 36.1 Å². The fourth-order valence-electron chi connectivity index (χ4n) is 2.44. The summed E-state index contributed by atoms with van der Waals surface area (Å²) in [5.41, 5.74) is 7.77. The van der Waals surface area contributed by atoms with Crippen molar-refractivity contribution >= 4 is 17.1 Å². The van der Waals surface area contributed by atoms with E-state index in [1.165, 1.54) is 11.3 Å². The molecule has 0 aromatic heterocycles. The summed E-state index contributed by atoms with van der Waals surface area (Å²) >= 11 is 0. The zero-order valence-corrected chi connectivity index (χ0v) is 15.7. The van der Waals surface area contributed by atoms with E-state index in [4.69, 9.17) is 0 Å². The van der Waals surface area contributed by atoms with Crippen LogP contribution >= 0.6 is 0 Å². The van der Waals surface area contributed by atoms with Gasteiger partial charge in [-0.3, -0.25) is 0 Å². The molecule has 0 heterocycles. The number of rotatable bonds is 3. The lowest BCUT2D eigenvalue weighted by Gasteiger charge is -2.17. The lowest BCUT2D eigenvalue weighted by Crippen LogP contribution is -2.10. The van der Waals surface area contributed by atoms with Crippen LogP contribution in [-0.2, 0) is 0 Å². The maximum Gasteiger partial charge on any atom is 0.0915 e. The van der Waals surface area contributed by atoms with Crippen LogP contribution in [0.15, 0.2) is 40.6 Å². The van der Waals surface area contributed by atoms with Crippen molar-refractivity contribution in [1.29, 1.82) is 0 Å². The van der Waals surface area contributed by atoms with Gasteiger partial charge in [-0.25, -0.2) is 0 Å². The Balaban J connectivity index is 0.00000127. The molecule has 0 aliphatic heterocycles. The van der Waals surface area contributed by atoms with Crippen molar-refractivity contribution in [3.8, 4) is 0 Å². The molecule has 0 radical (unpaired) electrons. The van der Waals surface area contributed by atoms with Crippen LogP contribution < -0.4 is 4.90 Å². The van der Waals surface area contributed by atoms with Crippen molar-refractivity contribution in [2.45, 2.75) is 41.5 Å². The lowest BCUT2D eigenvalue weighted by molar-refractivity contribution is 1.10. The largest absolute Gasteiger partial charge is 0.377 e. The highest BCUT2D eigenvalue weighted by molar-refractivity contribution is 5.62. The van der Waals surface area contributed by atoms with Crippen LogP contribution in [0.5, 0.6) is 0 Å². The number of azo groups is 1. The van der Waals surface area contributed by atoms with Crippen LogP contribution in [0.2, 0.25) is 0 Å². The molecular weight excluding hydrogens is 282 g/mol. The van der Waals surface area contributed by atoms with Gasteiger partial charge in [-0.05, 0) is 62.1 Å². The highest BCUT2D eigenvalue weighted by Crippen LogP contribution is 2.31.